The summed E-state index contributed by atoms with van der Waals surface area (Å²) < 4.78 is 5.35. The Bertz CT molecular complexity index is 470. The van der Waals surface area contributed by atoms with Gasteiger partial charge in [0.1, 0.15) is 5.75 Å². The molecule has 4 N–H and O–H groups in total. The quantitative estimate of drug-likeness (QED) is 0.736. The minimum atomic E-state index is -0.641. The number of rotatable bonds is 6. The zero-order valence-corrected chi connectivity index (χ0v) is 11.2. The summed E-state index contributed by atoms with van der Waals surface area (Å²) in [4.78, 5) is 24.7. The van der Waals surface area contributed by atoms with Gasteiger partial charge in [-0.3, -0.25) is 9.59 Å². The Balaban J connectivity index is 2.78. The van der Waals surface area contributed by atoms with Crippen molar-refractivity contribution in [2.24, 2.45) is 5.73 Å². The molecule has 0 aromatic heterocycles. The molecule has 2 amide bonds. The van der Waals surface area contributed by atoms with Crippen LogP contribution in [-0.4, -0.2) is 36.4 Å². The molecule has 0 saturated carbocycles. The number of hydrogen-bond donors (Lipinski definition) is 2. The average Bonchev–Trinajstić information content (AvgIpc) is 2.38. The molecule has 1 rings (SSSR count). The molecule has 6 nitrogen and oxygen atoms in total. The fraction of sp³-hybridized carbons (Fsp3) is 0.385. The van der Waals surface area contributed by atoms with Crippen molar-refractivity contribution in [1.29, 1.82) is 0 Å². The molecular weight excluding hydrogens is 246 g/mol. The van der Waals surface area contributed by atoms with Gasteiger partial charge in [0, 0.05) is 18.8 Å². The molecule has 0 saturated heterocycles. The summed E-state index contributed by atoms with van der Waals surface area (Å²) in [5.74, 6) is -0.517. The van der Waals surface area contributed by atoms with Gasteiger partial charge in [0.25, 0.3) is 11.8 Å². The molecule has 6 heteroatoms. The number of carbonyl (C=O) groups is 2. The summed E-state index contributed by atoms with van der Waals surface area (Å²) in [5.41, 5.74) is 11.4. The van der Waals surface area contributed by atoms with Crippen molar-refractivity contribution in [1.82, 2.24) is 4.90 Å². The van der Waals surface area contributed by atoms with Crippen molar-refractivity contribution >= 4 is 17.5 Å². The van der Waals surface area contributed by atoms with Crippen LogP contribution in [0, 0.1) is 0 Å². The number of benzene rings is 1. The lowest BCUT2D eigenvalue weighted by Crippen LogP contribution is -2.34. The molecule has 0 heterocycles. The smallest absolute Gasteiger partial charge is 0.260 e. The van der Waals surface area contributed by atoms with Gasteiger partial charge in [-0.1, -0.05) is 0 Å². The molecule has 1 aromatic rings. The monoisotopic (exact) mass is 265 g/mol. The predicted octanol–water partition coefficient (Wildman–Crippen LogP) is 0.615. The highest BCUT2D eigenvalue weighted by Gasteiger charge is 2.14. The van der Waals surface area contributed by atoms with Gasteiger partial charge >= 0.3 is 0 Å². The Labute approximate surface area is 112 Å². The van der Waals surface area contributed by atoms with Crippen molar-refractivity contribution < 1.29 is 14.3 Å². The van der Waals surface area contributed by atoms with Crippen molar-refractivity contribution in [3.63, 3.8) is 0 Å². The second-order valence-electron chi connectivity index (χ2n) is 3.97. The molecule has 0 unspecified atom stereocenters. The zero-order valence-electron chi connectivity index (χ0n) is 11.2. The van der Waals surface area contributed by atoms with Crippen LogP contribution in [0.3, 0.4) is 0 Å². The second-order valence-corrected chi connectivity index (χ2v) is 3.97. The summed E-state index contributed by atoms with van der Waals surface area (Å²) in [6.45, 7) is 4.87. The minimum absolute atomic E-state index is 0.133. The summed E-state index contributed by atoms with van der Waals surface area (Å²) in [6.07, 6.45) is 0. The molecule has 0 spiro atoms. The molecule has 0 radical (unpaired) electrons. The number of carbonyl (C=O) groups excluding carboxylic acids is 2. The average molecular weight is 265 g/mol. The Morgan fingerprint density at radius 2 is 1.89 bits per heavy atom. The van der Waals surface area contributed by atoms with Crippen LogP contribution in [0.5, 0.6) is 5.75 Å². The highest BCUT2D eigenvalue weighted by Crippen LogP contribution is 2.20. The van der Waals surface area contributed by atoms with E-state index < -0.39 is 5.91 Å². The van der Waals surface area contributed by atoms with Crippen LogP contribution in [0.4, 0.5) is 5.69 Å². The molecule has 0 aliphatic heterocycles. The first-order valence-corrected chi connectivity index (χ1v) is 6.09. The first-order chi connectivity index (χ1) is 8.99. The van der Waals surface area contributed by atoms with Gasteiger partial charge < -0.3 is 21.1 Å². The fourth-order valence-electron chi connectivity index (χ4n) is 1.67. The van der Waals surface area contributed by atoms with Crippen molar-refractivity contribution in [3.8, 4) is 5.75 Å². The van der Waals surface area contributed by atoms with Gasteiger partial charge in [0.05, 0.1) is 5.56 Å². The van der Waals surface area contributed by atoms with E-state index in [1.807, 2.05) is 13.8 Å². The lowest BCUT2D eigenvalue weighted by atomic mass is 10.1. The van der Waals surface area contributed by atoms with E-state index in [1.165, 1.54) is 12.1 Å². The number of ether oxygens (including phenoxy) is 1. The molecule has 19 heavy (non-hydrogen) atoms. The van der Waals surface area contributed by atoms with E-state index in [2.05, 4.69) is 0 Å². The molecular formula is C13H19N3O3. The van der Waals surface area contributed by atoms with Gasteiger partial charge in [-0.25, -0.2) is 0 Å². The lowest BCUT2D eigenvalue weighted by molar-refractivity contribution is -0.132. The van der Waals surface area contributed by atoms with Crippen LogP contribution in [0.15, 0.2) is 18.2 Å². The maximum absolute atomic E-state index is 11.8. The van der Waals surface area contributed by atoms with E-state index >= 15 is 0 Å². The second kappa shape index (κ2) is 6.63. The third-order valence-corrected chi connectivity index (χ3v) is 2.74. The van der Waals surface area contributed by atoms with Gasteiger partial charge in [0.2, 0.25) is 0 Å². The maximum atomic E-state index is 11.8. The molecule has 0 fully saturated rings. The largest absolute Gasteiger partial charge is 0.483 e. The fourth-order valence-corrected chi connectivity index (χ4v) is 1.67. The van der Waals surface area contributed by atoms with E-state index in [1.54, 1.807) is 11.0 Å². The van der Waals surface area contributed by atoms with Gasteiger partial charge in [-0.05, 0) is 32.0 Å². The minimum Gasteiger partial charge on any atom is -0.483 e. The summed E-state index contributed by atoms with van der Waals surface area (Å²) >= 11 is 0. The van der Waals surface area contributed by atoms with Crippen molar-refractivity contribution in [3.05, 3.63) is 23.8 Å². The zero-order chi connectivity index (χ0) is 14.4. The van der Waals surface area contributed by atoms with Crippen LogP contribution in [-0.2, 0) is 4.79 Å². The number of nitrogens with two attached hydrogens (primary N) is 2. The van der Waals surface area contributed by atoms with E-state index in [0.717, 1.165) is 0 Å². The highest BCUT2D eigenvalue weighted by molar-refractivity contribution is 5.96. The first kappa shape index (κ1) is 14.8. The summed E-state index contributed by atoms with van der Waals surface area (Å²) in [6, 6.07) is 4.55. The van der Waals surface area contributed by atoms with E-state index in [9.17, 15) is 9.59 Å². The Morgan fingerprint density at radius 1 is 1.26 bits per heavy atom. The molecule has 0 aliphatic rings. The van der Waals surface area contributed by atoms with E-state index in [-0.39, 0.29) is 23.8 Å². The van der Waals surface area contributed by atoms with E-state index in [4.69, 9.17) is 16.2 Å². The molecule has 0 atom stereocenters. The third-order valence-electron chi connectivity index (χ3n) is 2.74. The van der Waals surface area contributed by atoms with Crippen LogP contribution in [0.2, 0.25) is 0 Å². The molecule has 0 bridgehead atoms. The van der Waals surface area contributed by atoms with Crippen LogP contribution in [0.1, 0.15) is 24.2 Å². The summed E-state index contributed by atoms with van der Waals surface area (Å²) in [7, 11) is 0. The standard InChI is InChI=1S/C13H19N3O3/c1-3-16(4-2)12(17)8-19-11-6-5-9(14)7-10(11)13(15)18/h5-7H,3-4,8,14H2,1-2H3,(H2,15,18). The Morgan fingerprint density at radius 3 is 2.42 bits per heavy atom. The topological polar surface area (TPSA) is 98.7 Å². The van der Waals surface area contributed by atoms with Crippen LogP contribution in [0.25, 0.3) is 0 Å². The highest BCUT2D eigenvalue weighted by atomic mass is 16.5. The number of nitrogen functional groups attached to an aromatic ring is 1. The van der Waals surface area contributed by atoms with Crippen molar-refractivity contribution in [2.75, 3.05) is 25.4 Å². The first-order valence-electron chi connectivity index (χ1n) is 6.09. The summed E-state index contributed by atoms with van der Waals surface area (Å²) in [5, 5.41) is 0. The number of nitrogens with zero attached hydrogens (tertiary/aromatic N) is 1. The van der Waals surface area contributed by atoms with Crippen LogP contribution < -0.4 is 16.2 Å². The molecule has 0 aliphatic carbocycles. The number of hydrogen-bond acceptors (Lipinski definition) is 4. The van der Waals surface area contributed by atoms with Crippen LogP contribution >= 0.6 is 0 Å². The Hall–Kier alpha value is -2.24. The van der Waals surface area contributed by atoms with E-state index in [0.29, 0.717) is 18.8 Å². The number of anilines is 1. The Kier molecular flexibility index (Phi) is 5.17. The lowest BCUT2D eigenvalue weighted by Gasteiger charge is -2.19. The van der Waals surface area contributed by atoms with Crippen molar-refractivity contribution in [2.45, 2.75) is 13.8 Å². The SMILES string of the molecule is CCN(CC)C(=O)COc1ccc(N)cc1C(N)=O. The number of amides is 2. The number of primary amides is 1. The van der Waals surface area contributed by atoms with Gasteiger partial charge in [0.15, 0.2) is 6.61 Å². The normalized spacial score (nSPS) is 10.0. The van der Waals surface area contributed by atoms with Gasteiger partial charge in [-0.2, -0.15) is 0 Å². The molecule has 1 aromatic carbocycles. The number of likely N-dealkylation sites (N-methyl/N-ethyl adjacent to an activating group) is 1. The molecule has 104 valence electrons. The van der Waals surface area contributed by atoms with Gasteiger partial charge in [-0.15, -0.1) is 0 Å². The third kappa shape index (κ3) is 3.87. The maximum Gasteiger partial charge on any atom is 0.260 e. The predicted molar refractivity (Wildman–Crippen MR) is 72.8 cm³/mol.